The average molecular weight is 442 g/mol. The summed E-state index contributed by atoms with van der Waals surface area (Å²) in [6.45, 7) is 11.7. The molecule has 1 aromatic heterocycles. The smallest absolute Gasteiger partial charge is 0.246 e. The normalized spacial score (nSPS) is 11.1. The molecule has 6 nitrogen and oxygen atoms in total. The van der Waals surface area contributed by atoms with Crippen LogP contribution in [0.15, 0.2) is 69.0 Å². The molecule has 168 valence electrons. The second kappa shape index (κ2) is 8.20. The summed E-state index contributed by atoms with van der Waals surface area (Å²) in [6, 6.07) is 16.1. The lowest BCUT2D eigenvalue weighted by Crippen LogP contribution is -2.52. The van der Waals surface area contributed by atoms with Crippen LogP contribution < -0.4 is 17.1 Å². The number of rotatable bonds is 3. The molecule has 4 rings (SSSR count). The molecule has 0 radical (unpaired) electrons. The summed E-state index contributed by atoms with van der Waals surface area (Å²) in [5, 5.41) is 0. The summed E-state index contributed by atoms with van der Waals surface area (Å²) >= 11 is 0. The van der Waals surface area contributed by atoms with E-state index in [0.29, 0.717) is 17.1 Å². The molecule has 0 saturated carbocycles. The molecule has 0 atom stereocenters. The van der Waals surface area contributed by atoms with Gasteiger partial charge in [-0.05, 0) is 111 Å². The van der Waals surface area contributed by atoms with Crippen molar-refractivity contribution in [3.8, 4) is 17.1 Å². The van der Waals surface area contributed by atoms with Gasteiger partial charge >= 0.3 is 17.1 Å². The first-order valence-corrected chi connectivity index (χ1v) is 10.8. The van der Waals surface area contributed by atoms with Crippen LogP contribution in [-0.2, 0) is 0 Å². The number of aryl methyl sites for hydroxylation is 6. The van der Waals surface area contributed by atoms with E-state index in [1.165, 1.54) is 0 Å². The molecule has 0 amide bonds. The van der Waals surface area contributed by atoms with Crippen LogP contribution in [0.5, 0.6) is 0 Å². The molecule has 3 aromatic carbocycles. The Bertz CT molecular complexity index is 1370. The van der Waals surface area contributed by atoms with E-state index in [2.05, 4.69) is 0 Å². The third-order valence-corrected chi connectivity index (χ3v) is 6.39. The van der Waals surface area contributed by atoms with Gasteiger partial charge in [0.1, 0.15) is 0 Å². The van der Waals surface area contributed by atoms with Crippen molar-refractivity contribution < 1.29 is 0 Å². The summed E-state index contributed by atoms with van der Waals surface area (Å²) in [4.78, 5) is 40.9. The highest BCUT2D eigenvalue weighted by Gasteiger charge is 2.20. The van der Waals surface area contributed by atoms with E-state index in [4.69, 9.17) is 0 Å². The molecule has 0 aliphatic carbocycles. The van der Waals surface area contributed by atoms with Crippen molar-refractivity contribution >= 4 is 0 Å². The standard InChI is InChI=1S/C27H27N3O3/c1-16-7-10-22(13-19(16)4)28-25(31)29(23-11-8-17(2)20(5)14-23)27(33)30(26(28)32)24-12-9-18(3)21(6)15-24/h7-15H,1-6H3. The molecule has 0 saturated heterocycles. The number of hydrogen-bond acceptors (Lipinski definition) is 3. The maximum atomic E-state index is 13.6. The fourth-order valence-electron chi connectivity index (χ4n) is 3.80. The van der Waals surface area contributed by atoms with Gasteiger partial charge in [-0.15, -0.1) is 0 Å². The highest BCUT2D eigenvalue weighted by atomic mass is 16.2. The maximum absolute atomic E-state index is 13.6. The fraction of sp³-hybridized carbons (Fsp3) is 0.222. The van der Waals surface area contributed by atoms with E-state index in [1.807, 2.05) is 59.7 Å². The Kier molecular flexibility index (Phi) is 5.54. The largest absolute Gasteiger partial charge is 0.345 e. The summed E-state index contributed by atoms with van der Waals surface area (Å²) in [5.74, 6) is 0. The quantitative estimate of drug-likeness (QED) is 0.483. The Morgan fingerprint density at radius 1 is 0.394 bits per heavy atom. The van der Waals surface area contributed by atoms with Crippen LogP contribution in [0.25, 0.3) is 17.1 Å². The lowest BCUT2D eigenvalue weighted by Gasteiger charge is -2.16. The van der Waals surface area contributed by atoms with Crippen LogP contribution in [0.4, 0.5) is 0 Å². The van der Waals surface area contributed by atoms with E-state index < -0.39 is 17.1 Å². The Balaban J connectivity index is 2.17. The van der Waals surface area contributed by atoms with Gasteiger partial charge in [0.2, 0.25) is 0 Å². The van der Waals surface area contributed by atoms with E-state index in [-0.39, 0.29) is 0 Å². The van der Waals surface area contributed by atoms with Gasteiger partial charge < -0.3 is 0 Å². The summed E-state index contributed by atoms with van der Waals surface area (Å²) in [5.41, 5.74) is 5.14. The third-order valence-electron chi connectivity index (χ3n) is 6.39. The van der Waals surface area contributed by atoms with Crippen LogP contribution in [-0.4, -0.2) is 13.7 Å². The number of benzene rings is 3. The van der Waals surface area contributed by atoms with E-state index >= 15 is 0 Å². The van der Waals surface area contributed by atoms with Crippen molar-refractivity contribution in [1.29, 1.82) is 0 Å². The van der Waals surface area contributed by atoms with Gasteiger partial charge in [-0.1, -0.05) is 18.2 Å². The Labute approximate surface area is 192 Å². The van der Waals surface area contributed by atoms with Gasteiger partial charge in [0.25, 0.3) is 0 Å². The second-order valence-electron chi connectivity index (χ2n) is 8.66. The van der Waals surface area contributed by atoms with Crippen LogP contribution in [0.2, 0.25) is 0 Å². The van der Waals surface area contributed by atoms with Gasteiger partial charge in [-0.3, -0.25) is 0 Å². The van der Waals surface area contributed by atoms with Crippen molar-refractivity contribution in [1.82, 2.24) is 13.7 Å². The predicted molar refractivity (Wildman–Crippen MR) is 132 cm³/mol. The van der Waals surface area contributed by atoms with Gasteiger partial charge in [-0.25, -0.2) is 28.1 Å². The first-order valence-electron chi connectivity index (χ1n) is 10.8. The molecule has 0 aliphatic rings. The first kappa shape index (κ1) is 22.3. The highest BCUT2D eigenvalue weighted by molar-refractivity contribution is 5.44. The fourth-order valence-corrected chi connectivity index (χ4v) is 3.80. The molecule has 1 heterocycles. The van der Waals surface area contributed by atoms with E-state index in [9.17, 15) is 14.4 Å². The average Bonchev–Trinajstić information content (AvgIpc) is 2.75. The van der Waals surface area contributed by atoms with Crippen molar-refractivity contribution in [2.45, 2.75) is 41.5 Å². The number of nitrogens with zero attached hydrogens (tertiary/aromatic N) is 3. The zero-order valence-electron chi connectivity index (χ0n) is 19.8. The molecule has 0 spiro atoms. The summed E-state index contributed by atoms with van der Waals surface area (Å²) < 4.78 is 3.20. The number of hydrogen-bond donors (Lipinski definition) is 0. The summed E-state index contributed by atoms with van der Waals surface area (Å²) in [6.07, 6.45) is 0. The minimum atomic E-state index is -0.698. The maximum Gasteiger partial charge on any atom is 0.345 e. The van der Waals surface area contributed by atoms with Crippen LogP contribution >= 0.6 is 0 Å². The molecule has 0 unspecified atom stereocenters. The Morgan fingerprint density at radius 3 is 0.848 bits per heavy atom. The van der Waals surface area contributed by atoms with Gasteiger partial charge in [0.15, 0.2) is 0 Å². The van der Waals surface area contributed by atoms with Crippen LogP contribution in [0.3, 0.4) is 0 Å². The zero-order valence-corrected chi connectivity index (χ0v) is 19.8. The van der Waals surface area contributed by atoms with Crippen molar-refractivity contribution in [2.24, 2.45) is 0 Å². The van der Waals surface area contributed by atoms with Gasteiger partial charge in [0, 0.05) is 0 Å². The minimum absolute atomic E-state index is 0.420. The molecule has 4 aromatic rings. The third kappa shape index (κ3) is 3.78. The van der Waals surface area contributed by atoms with Crippen molar-refractivity contribution in [3.63, 3.8) is 0 Å². The van der Waals surface area contributed by atoms with Crippen molar-refractivity contribution in [2.75, 3.05) is 0 Å². The predicted octanol–water partition coefficient (Wildman–Crippen LogP) is 3.99. The minimum Gasteiger partial charge on any atom is -0.246 e. The molecular formula is C27H27N3O3. The molecule has 0 bridgehead atoms. The topological polar surface area (TPSA) is 66.0 Å². The molecule has 33 heavy (non-hydrogen) atoms. The monoisotopic (exact) mass is 441 g/mol. The molecule has 6 heteroatoms. The van der Waals surface area contributed by atoms with Crippen LogP contribution in [0, 0.1) is 41.5 Å². The molecule has 0 fully saturated rings. The number of aromatic nitrogens is 3. The lowest BCUT2D eigenvalue weighted by atomic mass is 10.1. The molecular weight excluding hydrogens is 414 g/mol. The molecule has 0 aliphatic heterocycles. The van der Waals surface area contributed by atoms with Gasteiger partial charge in [-0.2, -0.15) is 0 Å². The zero-order chi connectivity index (χ0) is 24.0. The highest BCUT2D eigenvalue weighted by Crippen LogP contribution is 2.15. The molecule has 0 N–H and O–H groups in total. The Morgan fingerprint density at radius 2 is 0.636 bits per heavy atom. The Hall–Kier alpha value is -3.93. The SMILES string of the molecule is Cc1ccc(-n2c(=O)n(-c3ccc(C)c(C)c3)c(=O)n(-c3ccc(C)c(C)c3)c2=O)cc1C. The first-order chi connectivity index (χ1) is 15.6. The second-order valence-corrected chi connectivity index (χ2v) is 8.66. The van der Waals surface area contributed by atoms with E-state index in [0.717, 1.165) is 47.1 Å². The van der Waals surface area contributed by atoms with Crippen LogP contribution in [0.1, 0.15) is 33.4 Å². The van der Waals surface area contributed by atoms with Gasteiger partial charge in [0.05, 0.1) is 17.1 Å². The summed E-state index contributed by atoms with van der Waals surface area (Å²) in [7, 11) is 0. The van der Waals surface area contributed by atoms with E-state index in [1.54, 1.807) is 36.4 Å². The lowest BCUT2D eigenvalue weighted by molar-refractivity contribution is 0.659. The van der Waals surface area contributed by atoms with Crippen molar-refractivity contribution in [3.05, 3.63) is 119 Å².